The van der Waals surface area contributed by atoms with Crippen LogP contribution < -0.4 is 5.56 Å². The van der Waals surface area contributed by atoms with Gasteiger partial charge in [-0.15, -0.1) is 0 Å². The van der Waals surface area contributed by atoms with Crippen LogP contribution >= 0.6 is 7.82 Å². The minimum absolute atomic E-state index is 0.0868. The Kier molecular flexibility index (Phi) is 5.73. The molecule has 0 bridgehead atoms. The smallest absolute Gasteiger partial charge is 0.303 e. The molecule has 22 heavy (non-hydrogen) atoms. The molecular weight excluding hydrogens is 309 g/mol. The number of phosphoric acid groups is 1. The molecule has 2 aromatic heterocycles. The molecule has 3 N–H and O–H groups in total. The summed E-state index contributed by atoms with van der Waals surface area (Å²) >= 11 is 0. The number of aryl methyl sites for hydroxylation is 4. The fourth-order valence-electron chi connectivity index (χ4n) is 1.69. The van der Waals surface area contributed by atoms with Crippen LogP contribution in [0.25, 0.3) is 5.82 Å². The highest BCUT2D eigenvalue weighted by Crippen LogP contribution is 2.25. The Bertz CT molecular complexity index is 773. The largest absolute Gasteiger partial charge is 0.466 e. The quantitative estimate of drug-likeness (QED) is 0.665. The Labute approximate surface area is 127 Å². The molecule has 2 rings (SSSR count). The Morgan fingerprint density at radius 1 is 0.955 bits per heavy atom. The van der Waals surface area contributed by atoms with E-state index in [0.717, 1.165) is 22.6 Å². The molecule has 0 fully saturated rings. The standard InChI is InChI=1S/C13H15N3O.H3O4P/c1-8-5-6-12(17)16(7-8)13-11(4)14-9(2)10(3)15-13;1-5(2,3)4/h5-7H,1-4H3;(H3,1,2,3,4). The van der Waals surface area contributed by atoms with Crippen molar-refractivity contribution in [2.24, 2.45) is 0 Å². The van der Waals surface area contributed by atoms with Crippen LogP contribution in [0.5, 0.6) is 0 Å². The van der Waals surface area contributed by atoms with Crippen LogP contribution in [0.15, 0.2) is 23.1 Å². The zero-order valence-corrected chi connectivity index (χ0v) is 13.6. The lowest BCUT2D eigenvalue weighted by Crippen LogP contribution is -2.20. The molecule has 120 valence electrons. The van der Waals surface area contributed by atoms with Gasteiger partial charge in [0.2, 0.25) is 0 Å². The summed E-state index contributed by atoms with van der Waals surface area (Å²) in [7, 11) is -4.64. The van der Waals surface area contributed by atoms with Crippen molar-refractivity contribution in [3.8, 4) is 5.82 Å². The predicted molar refractivity (Wildman–Crippen MR) is 80.8 cm³/mol. The lowest BCUT2D eigenvalue weighted by atomic mass is 10.3. The summed E-state index contributed by atoms with van der Waals surface area (Å²) in [6.07, 6.45) is 1.79. The number of pyridine rings is 1. The third kappa shape index (κ3) is 5.50. The SMILES string of the molecule is Cc1ccc(=O)n(-c2nc(C)c(C)nc2C)c1.O=P(O)(O)O. The predicted octanol–water partition coefficient (Wildman–Crippen LogP) is 0.933. The van der Waals surface area contributed by atoms with Crippen molar-refractivity contribution >= 4 is 7.82 Å². The molecule has 0 aliphatic carbocycles. The van der Waals surface area contributed by atoms with E-state index in [1.54, 1.807) is 22.9 Å². The highest BCUT2D eigenvalue weighted by atomic mass is 31.2. The highest BCUT2D eigenvalue weighted by Gasteiger charge is 2.08. The molecule has 0 aliphatic heterocycles. The Balaban J connectivity index is 0.000000422. The van der Waals surface area contributed by atoms with Gasteiger partial charge in [-0.2, -0.15) is 0 Å². The monoisotopic (exact) mass is 327 g/mol. The number of nitrogens with zero attached hydrogens (tertiary/aromatic N) is 3. The highest BCUT2D eigenvalue weighted by molar-refractivity contribution is 7.45. The van der Waals surface area contributed by atoms with Crippen LogP contribution in [0.2, 0.25) is 0 Å². The molecule has 2 heterocycles. The summed E-state index contributed by atoms with van der Waals surface area (Å²) in [6.45, 7) is 7.62. The molecule has 8 nitrogen and oxygen atoms in total. The van der Waals surface area contributed by atoms with Gasteiger partial charge in [0.25, 0.3) is 5.56 Å². The average molecular weight is 327 g/mol. The van der Waals surface area contributed by atoms with Crippen LogP contribution in [0.3, 0.4) is 0 Å². The molecule has 9 heteroatoms. The first-order chi connectivity index (χ1) is 9.99. The second kappa shape index (κ2) is 6.93. The maximum Gasteiger partial charge on any atom is 0.466 e. The summed E-state index contributed by atoms with van der Waals surface area (Å²) in [6, 6.07) is 3.34. The van der Waals surface area contributed by atoms with Crippen LogP contribution in [0, 0.1) is 27.7 Å². The van der Waals surface area contributed by atoms with Gasteiger partial charge in [-0.05, 0) is 33.3 Å². The Morgan fingerprint density at radius 3 is 2.00 bits per heavy atom. The van der Waals surface area contributed by atoms with E-state index in [9.17, 15) is 4.79 Å². The van der Waals surface area contributed by atoms with Crippen LogP contribution in [0.1, 0.15) is 22.6 Å². The normalized spacial score (nSPS) is 10.9. The minimum atomic E-state index is -4.64. The summed E-state index contributed by atoms with van der Waals surface area (Å²) < 4.78 is 10.4. The average Bonchev–Trinajstić information content (AvgIpc) is 2.35. The zero-order valence-electron chi connectivity index (χ0n) is 12.7. The Morgan fingerprint density at radius 2 is 1.45 bits per heavy atom. The first-order valence-electron chi connectivity index (χ1n) is 6.29. The van der Waals surface area contributed by atoms with E-state index >= 15 is 0 Å². The molecule has 0 saturated carbocycles. The van der Waals surface area contributed by atoms with Gasteiger partial charge in [0.1, 0.15) is 0 Å². The van der Waals surface area contributed by atoms with Gasteiger partial charge < -0.3 is 14.7 Å². The van der Waals surface area contributed by atoms with E-state index in [1.165, 1.54) is 0 Å². The van der Waals surface area contributed by atoms with Crippen molar-refractivity contribution < 1.29 is 19.2 Å². The van der Waals surface area contributed by atoms with Crippen molar-refractivity contribution in [1.82, 2.24) is 14.5 Å². The van der Waals surface area contributed by atoms with E-state index in [4.69, 9.17) is 19.2 Å². The lowest BCUT2D eigenvalue weighted by Gasteiger charge is -2.10. The zero-order chi connectivity index (χ0) is 17.1. The fraction of sp³-hybridized carbons (Fsp3) is 0.308. The van der Waals surface area contributed by atoms with Gasteiger partial charge >= 0.3 is 7.82 Å². The minimum Gasteiger partial charge on any atom is -0.303 e. The molecule has 2 aromatic rings. The van der Waals surface area contributed by atoms with E-state index in [-0.39, 0.29) is 5.56 Å². The van der Waals surface area contributed by atoms with Crippen molar-refractivity contribution in [3.63, 3.8) is 0 Å². The van der Waals surface area contributed by atoms with Crippen molar-refractivity contribution in [3.05, 3.63) is 51.3 Å². The van der Waals surface area contributed by atoms with E-state index in [1.807, 2.05) is 27.7 Å². The third-order valence-electron chi connectivity index (χ3n) is 2.74. The van der Waals surface area contributed by atoms with Crippen LogP contribution in [0.4, 0.5) is 0 Å². The van der Waals surface area contributed by atoms with Gasteiger partial charge in [-0.3, -0.25) is 14.3 Å². The van der Waals surface area contributed by atoms with Gasteiger partial charge in [0, 0.05) is 12.3 Å². The van der Waals surface area contributed by atoms with Gasteiger partial charge in [-0.25, -0.2) is 9.55 Å². The second-order valence-electron chi connectivity index (χ2n) is 4.73. The summed E-state index contributed by atoms with van der Waals surface area (Å²) in [5.74, 6) is 0.613. The van der Waals surface area contributed by atoms with Gasteiger partial charge in [0.05, 0.1) is 17.1 Å². The molecular formula is C13H18N3O5P. The van der Waals surface area contributed by atoms with Crippen molar-refractivity contribution in [1.29, 1.82) is 0 Å². The van der Waals surface area contributed by atoms with Crippen LogP contribution in [-0.4, -0.2) is 29.2 Å². The summed E-state index contributed by atoms with van der Waals surface area (Å²) in [5, 5.41) is 0. The van der Waals surface area contributed by atoms with Crippen molar-refractivity contribution in [2.45, 2.75) is 27.7 Å². The van der Waals surface area contributed by atoms with Gasteiger partial charge in [0.15, 0.2) is 5.82 Å². The van der Waals surface area contributed by atoms with Gasteiger partial charge in [-0.1, -0.05) is 6.07 Å². The maximum absolute atomic E-state index is 11.8. The lowest BCUT2D eigenvalue weighted by molar-refractivity contribution is 0.275. The fourth-order valence-corrected chi connectivity index (χ4v) is 1.69. The topological polar surface area (TPSA) is 126 Å². The van der Waals surface area contributed by atoms with E-state index in [2.05, 4.69) is 9.97 Å². The molecule has 0 radical (unpaired) electrons. The van der Waals surface area contributed by atoms with Crippen molar-refractivity contribution in [2.75, 3.05) is 0 Å². The molecule has 0 saturated heterocycles. The van der Waals surface area contributed by atoms with E-state index in [0.29, 0.717) is 5.82 Å². The Hall–Kier alpha value is -1.86. The van der Waals surface area contributed by atoms with E-state index < -0.39 is 7.82 Å². The first kappa shape index (κ1) is 18.2. The second-order valence-corrected chi connectivity index (χ2v) is 5.76. The molecule has 0 aliphatic rings. The number of hydrogen-bond acceptors (Lipinski definition) is 4. The molecule has 0 spiro atoms. The third-order valence-corrected chi connectivity index (χ3v) is 2.74. The number of aromatic nitrogens is 3. The maximum atomic E-state index is 11.8. The number of rotatable bonds is 1. The molecule has 0 atom stereocenters. The summed E-state index contributed by atoms with van der Waals surface area (Å²) in [5.41, 5.74) is 3.44. The molecule has 0 aromatic carbocycles. The molecule has 0 amide bonds. The first-order valence-corrected chi connectivity index (χ1v) is 7.85. The van der Waals surface area contributed by atoms with Crippen LogP contribution in [-0.2, 0) is 4.57 Å². The number of hydrogen-bond donors (Lipinski definition) is 3. The molecule has 0 unspecified atom stereocenters. The summed E-state index contributed by atoms with van der Waals surface area (Å²) in [4.78, 5) is 42.2.